The zero-order valence-electron chi connectivity index (χ0n) is 22.5. The molecule has 5 nitrogen and oxygen atoms in total. The molecule has 1 fully saturated rings. The lowest BCUT2D eigenvalue weighted by atomic mass is 9.75. The van der Waals surface area contributed by atoms with E-state index in [9.17, 15) is 4.79 Å². The number of hydrogen-bond acceptors (Lipinski definition) is 4. The normalized spacial score (nSPS) is 19.4. The number of ether oxygens (including phenoxy) is 2. The van der Waals surface area contributed by atoms with Crippen LogP contribution in [0.3, 0.4) is 0 Å². The molecule has 1 saturated carbocycles. The van der Waals surface area contributed by atoms with Crippen molar-refractivity contribution in [3.63, 3.8) is 0 Å². The van der Waals surface area contributed by atoms with Gasteiger partial charge in [-0.3, -0.25) is 4.79 Å². The van der Waals surface area contributed by atoms with Crippen molar-refractivity contribution in [1.82, 2.24) is 10.2 Å². The Morgan fingerprint density at radius 3 is 2.42 bits per heavy atom. The molecular formula is C32H37ClN2O3. The molecule has 0 heterocycles. The van der Waals surface area contributed by atoms with Crippen LogP contribution in [0.25, 0.3) is 6.08 Å². The van der Waals surface area contributed by atoms with Crippen LogP contribution in [0.15, 0.2) is 78.9 Å². The van der Waals surface area contributed by atoms with E-state index in [-0.39, 0.29) is 17.5 Å². The van der Waals surface area contributed by atoms with Gasteiger partial charge in [-0.05, 0) is 93.2 Å². The van der Waals surface area contributed by atoms with E-state index >= 15 is 0 Å². The van der Waals surface area contributed by atoms with Gasteiger partial charge < -0.3 is 19.7 Å². The van der Waals surface area contributed by atoms with Gasteiger partial charge in [0, 0.05) is 22.7 Å². The molecule has 0 bridgehead atoms. The fourth-order valence-electron chi connectivity index (χ4n) is 5.17. The van der Waals surface area contributed by atoms with Crippen LogP contribution < -0.4 is 14.8 Å². The number of nitrogens with zero attached hydrogens (tertiary/aromatic N) is 1. The van der Waals surface area contributed by atoms with E-state index in [2.05, 4.69) is 36.4 Å². The maximum atomic E-state index is 12.7. The molecule has 3 aromatic carbocycles. The molecule has 0 unspecified atom stereocenters. The summed E-state index contributed by atoms with van der Waals surface area (Å²) in [5.41, 5.74) is 3.29. The topological polar surface area (TPSA) is 50.8 Å². The summed E-state index contributed by atoms with van der Waals surface area (Å²) in [4.78, 5) is 15.0. The van der Waals surface area contributed by atoms with E-state index in [1.54, 1.807) is 13.2 Å². The Balaban J connectivity index is 1.30. The molecule has 6 heteroatoms. The highest BCUT2D eigenvalue weighted by Gasteiger charge is 2.37. The van der Waals surface area contributed by atoms with E-state index in [0.29, 0.717) is 18.1 Å². The monoisotopic (exact) mass is 532 g/mol. The van der Waals surface area contributed by atoms with E-state index in [0.717, 1.165) is 48.3 Å². The Morgan fingerprint density at radius 2 is 1.74 bits per heavy atom. The molecule has 1 aliphatic rings. The van der Waals surface area contributed by atoms with Gasteiger partial charge in [0.1, 0.15) is 6.61 Å². The van der Waals surface area contributed by atoms with Crippen molar-refractivity contribution < 1.29 is 14.3 Å². The molecule has 200 valence electrons. The highest BCUT2D eigenvalue weighted by Crippen LogP contribution is 2.36. The average molecular weight is 533 g/mol. The van der Waals surface area contributed by atoms with Crippen molar-refractivity contribution in [2.24, 2.45) is 0 Å². The van der Waals surface area contributed by atoms with Crippen molar-refractivity contribution >= 4 is 23.6 Å². The van der Waals surface area contributed by atoms with Crippen molar-refractivity contribution in [3.8, 4) is 11.5 Å². The average Bonchev–Trinajstić information content (AvgIpc) is 2.92. The van der Waals surface area contributed by atoms with Crippen LogP contribution in [0, 0.1) is 0 Å². The first-order chi connectivity index (χ1) is 18.4. The minimum absolute atomic E-state index is 0.0721. The maximum Gasteiger partial charge on any atom is 0.244 e. The molecule has 4 rings (SSSR count). The van der Waals surface area contributed by atoms with Crippen molar-refractivity contribution in [2.75, 3.05) is 21.2 Å². The molecular weight excluding hydrogens is 496 g/mol. The number of hydrogen-bond donors (Lipinski definition) is 1. The lowest BCUT2D eigenvalue weighted by molar-refractivity contribution is -0.117. The van der Waals surface area contributed by atoms with E-state index in [4.69, 9.17) is 21.1 Å². The molecule has 0 spiro atoms. The zero-order valence-corrected chi connectivity index (χ0v) is 23.2. The Bertz CT molecular complexity index is 1230. The number of carbonyl (C=O) groups is 1. The lowest BCUT2D eigenvalue weighted by Gasteiger charge is -2.45. The molecule has 1 N–H and O–H groups in total. The Labute approximate surface area is 231 Å². The quantitative estimate of drug-likeness (QED) is 0.301. The first-order valence-electron chi connectivity index (χ1n) is 13.1. The fourth-order valence-corrected chi connectivity index (χ4v) is 5.38. The number of halogens is 1. The van der Waals surface area contributed by atoms with Gasteiger partial charge in [-0.1, -0.05) is 60.1 Å². The molecule has 1 aliphatic carbocycles. The minimum atomic E-state index is -0.0782. The summed E-state index contributed by atoms with van der Waals surface area (Å²) >= 11 is 6.22. The van der Waals surface area contributed by atoms with Gasteiger partial charge in [0.2, 0.25) is 5.91 Å². The van der Waals surface area contributed by atoms with E-state index in [1.807, 2.05) is 66.7 Å². The van der Waals surface area contributed by atoms with Gasteiger partial charge in [-0.15, -0.1) is 0 Å². The van der Waals surface area contributed by atoms with Crippen LogP contribution in [0.4, 0.5) is 0 Å². The Kier molecular flexibility index (Phi) is 9.48. The molecule has 0 aromatic heterocycles. The maximum absolute atomic E-state index is 12.7. The van der Waals surface area contributed by atoms with Gasteiger partial charge >= 0.3 is 0 Å². The van der Waals surface area contributed by atoms with Crippen LogP contribution in [-0.4, -0.2) is 43.6 Å². The Hall–Kier alpha value is -3.28. The van der Waals surface area contributed by atoms with Crippen molar-refractivity contribution in [1.29, 1.82) is 0 Å². The second-order valence-electron chi connectivity index (χ2n) is 10.2. The molecule has 0 atom stereocenters. The molecule has 38 heavy (non-hydrogen) atoms. The third-order valence-corrected chi connectivity index (χ3v) is 7.72. The van der Waals surface area contributed by atoms with Gasteiger partial charge in [0.05, 0.1) is 7.11 Å². The van der Waals surface area contributed by atoms with Crippen LogP contribution in [0.5, 0.6) is 11.5 Å². The number of rotatable bonds is 10. The molecule has 0 radical (unpaired) electrons. The highest BCUT2D eigenvalue weighted by molar-refractivity contribution is 6.30. The number of amides is 1. The van der Waals surface area contributed by atoms with Crippen molar-refractivity contribution in [2.45, 2.75) is 50.3 Å². The molecule has 3 aromatic rings. The number of nitrogens with one attached hydrogen (secondary N) is 1. The van der Waals surface area contributed by atoms with Crippen LogP contribution in [-0.2, 0) is 17.8 Å². The van der Waals surface area contributed by atoms with Crippen LogP contribution in [0.1, 0.15) is 42.4 Å². The summed E-state index contributed by atoms with van der Waals surface area (Å²) in [5, 5.41) is 3.97. The molecule has 0 aliphatic heterocycles. The fraction of sp³-hybridized carbons (Fsp3) is 0.344. The summed E-state index contributed by atoms with van der Waals surface area (Å²) in [6.45, 7) is 0.463. The summed E-state index contributed by atoms with van der Waals surface area (Å²) in [7, 11) is 5.92. The Morgan fingerprint density at radius 1 is 1.00 bits per heavy atom. The number of likely N-dealkylation sites (N-methyl/N-ethyl adjacent to an activating group) is 1. The lowest BCUT2D eigenvalue weighted by Crippen LogP contribution is -2.52. The molecule has 1 amide bonds. The first-order valence-corrected chi connectivity index (χ1v) is 13.5. The van der Waals surface area contributed by atoms with E-state index in [1.165, 1.54) is 5.56 Å². The van der Waals surface area contributed by atoms with Gasteiger partial charge in [0.15, 0.2) is 11.5 Å². The minimum Gasteiger partial charge on any atom is -0.493 e. The summed E-state index contributed by atoms with van der Waals surface area (Å²) in [6.07, 6.45) is 8.28. The third kappa shape index (κ3) is 7.40. The van der Waals surface area contributed by atoms with Gasteiger partial charge in [0.25, 0.3) is 0 Å². The third-order valence-electron chi connectivity index (χ3n) is 7.49. The summed E-state index contributed by atoms with van der Waals surface area (Å²) in [5.74, 6) is 1.23. The largest absolute Gasteiger partial charge is 0.493 e. The SMILES string of the molecule is COc1cc(/C=C/C(=O)NC2CCC(Cc3cccc(Cl)c3)(N(C)C)CC2)ccc1OCc1ccccc1. The van der Waals surface area contributed by atoms with E-state index < -0.39 is 0 Å². The van der Waals surface area contributed by atoms with Gasteiger partial charge in [-0.2, -0.15) is 0 Å². The second kappa shape index (κ2) is 13.0. The summed E-state index contributed by atoms with van der Waals surface area (Å²) < 4.78 is 11.5. The van der Waals surface area contributed by atoms with Crippen LogP contribution >= 0.6 is 11.6 Å². The standard InChI is InChI=1S/C32H37ClN2O3/c1-35(2)32(22-26-10-7-11-27(33)20-26)18-16-28(17-19-32)34-31(36)15-13-24-12-14-29(30(21-24)37-3)38-23-25-8-5-4-6-9-25/h4-15,20-21,28H,16-19,22-23H2,1-3H3,(H,34,36)/b15-13+. The second-order valence-corrected chi connectivity index (χ2v) is 10.7. The number of methoxy groups -OCH3 is 1. The predicted molar refractivity (Wildman–Crippen MR) is 155 cm³/mol. The van der Waals surface area contributed by atoms with Gasteiger partial charge in [-0.25, -0.2) is 0 Å². The smallest absolute Gasteiger partial charge is 0.244 e. The van der Waals surface area contributed by atoms with Crippen LogP contribution in [0.2, 0.25) is 5.02 Å². The highest BCUT2D eigenvalue weighted by atomic mass is 35.5. The number of carbonyl (C=O) groups excluding carboxylic acids is 1. The number of benzene rings is 3. The predicted octanol–water partition coefficient (Wildman–Crippen LogP) is 6.54. The zero-order chi connectivity index (χ0) is 27.0. The molecule has 0 saturated heterocycles. The first kappa shape index (κ1) is 27.7. The van der Waals surface area contributed by atoms with Crippen molar-refractivity contribution in [3.05, 3.63) is 101 Å². The summed E-state index contributed by atoms with van der Waals surface area (Å²) in [6, 6.07) is 24.0.